The normalized spacial score (nSPS) is 17.0. The van der Waals surface area contributed by atoms with Gasteiger partial charge in [0.05, 0.1) is 12.8 Å². The Bertz CT molecular complexity index is 304. The number of nitrogens with one attached hydrogen (secondary N) is 1. The second-order valence-electron chi connectivity index (χ2n) is 4.40. The van der Waals surface area contributed by atoms with Crippen molar-refractivity contribution in [1.29, 1.82) is 0 Å². The molecule has 0 radical (unpaired) electrons. The summed E-state index contributed by atoms with van der Waals surface area (Å²) in [5.74, 6) is 1.07. The first-order valence-electron chi connectivity index (χ1n) is 5.71. The van der Waals surface area contributed by atoms with Gasteiger partial charge in [-0.05, 0) is 33.0 Å². The summed E-state index contributed by atoms with van der Waals surface area (Å²) in [6.45, 7) is 1.83. The van der Waals surface area contributed by atoms with Crippen molar-refractivity contribution in [2.75, 3.05) is 14.1 Å². The van der Waals surface area contributed by atoms with Crippen molar-refractivity contribution in [3.63, 3.8) is 0 Å². The SMILES string of the molecule is CNCc1occc1CN(C)C1CCC1. The average Bonchev–Trinajstić information content (AvgIpc) is 2.50. The van der Waals surface area contributed by atoms with Crippen molar-refractivity contribution >= 4 is 0 Å². The molecule has 0 spiro atoms. The first kappa shape index (κ1) is 10.7. The third kappa shape index (κ3) is 2.41. The predicted octanol–water partition coefficient (Wildman–Crippen LogP) is 1.98. The fraction of sp³-hybridized carbons (Fsp3) is 0.667. The van der Waals surface area contributed by atoms with Crippen LogP contribution in [-0.4, -0.2) is 25.0 Å². The molecule has 1 aliphatic carbocycles. The molecule has 1 aromatic heterocycles. The van der Waals surface area contributed by atoms with Crippen LogP contribution < -0.4 is 5.32 Å². The molecule has 1 fully saturated rings. The third-order valence-electron chi connectivity index (χ3n) is 3.29. The number of rotatable bonds is 5. The summed E-state index contributed by atoms with van der Waals surface area (Å²) in [4.78, 5) is 2.44. The lowest BCUT2D eigenvalue weighted by atomic mass is 9.91. The Kier molecular flexibility index (Phi) is 3.44. The van der Waals surface area contributed by atoms with Gasteiger partial charge in [0.2, 0.25) is 0 Å². The largest absolute Gasteiger partial charge is 0.468 e. The third-order valence-corrected chi connectivity index (χ3v) is 3.29. The van der Waals surface area contributed by atoms with Crippen LogP contribution in [0.3, 0.4) is 0 Å². The van der Waals surface area contributed by atoms with Crippen molar-refractivity contribution in [3.05, 3.63) is 23.7 Å². The maximum atomic E-state index is 5.45. The monoisotopic (exact) mass is 208 g/mol. The fourth-order valence-corrected chi connectivity index (χ4v) is 2.05. The van der Waals surface area contributed by atoms with Crippen LogP contribution >= 0.6 is 0 Å². The minimum atomic E-state index is 0.794. The zero-order valence-electron chi connectivity index (χ0n) is 9.62. The van der Waals surface area contributed by atoms with E-state index < -0.39 is 0 Å². The van der Waals surface area contributed by atoms with E-state index in [9.17, 15) is 0 Å². The Morgan fingerprint density at radius 3 is 2.93 bits per heavy atom. The molecular weight excluding hydrogens is 188 g/mol. The zero-order valence-corrected chi connectivity index (χ0v) is 9.62. The molecule has 15 heavy (non-hydrogen) atoms. The molecule has 0 aliphatic heterocycles. The van der Waals surface area contributed by atoms with Crippen LogP contribution in [0.4, 0.5) is 0 Å². The first-order valence-corrected chi connectivity index (χ1v) is 5.71. The van der Waals surface area contributed by atoms with Gasteiger partial charge in [-0.25, -0.2) is 0 Å². The number of hydrogen-bond donors (Lipinski definition) is 1. The Balaban J connectivity index is 1.93. The average molecular weight is 208 g/mol. The van der Waals surface area contributed by atoms with Gasteiger partial charge in [-0.1, -0.05) is 6.42 Å². The lowest BCUT2D eigenvalue weighted by Gasteiger charge is -2.34. The van der Waals surface area contributed by atoms with Gasteiger partial charge >= 0.3 is 0 Å². The van der Waals surface area contributed by atoms with Gasteiger partial charge in [-0.3, -0.25) is 4.90 Å². The van der Waals surface area contributed by atoms with Crippen LogP contribution in [0, 0.1) is 0 Å². The Hall–Kier alpha value is -0.800. The molecule has 1 N–H and O–H groups in total. The lowest BCUT2D eigenvalue weighted by molar-refractivity contribution is 0.152. The van der Waals surface area contributed by atoms with Crippen LogP contribution in [0.2, 0.25) is 0 Å². The van der Waals surface area contributed by atoms with Gasteiger partial charge < -0.3 is 9.73 Å². The van der Waals surface area contributed by atoms with Gasteiger partial charge in [0.25, 0.3) is 0 Å². The summed E-state index contributed by atoms with van der Waals surface area (Å²) < 4.78 is 5.45. The van der Waals surface area contributed by atoms with E-state index >= 15 is 0 Å². The molecule has 1 aliphatic rings. The lowest BCUT2D eigenvalue weighted by Crippen LogP contribution is -2.36. The van der Waals surface area contributed by atoms with Crippen LogP contribution in [-0.2, 0) is 13.1 Å². The second-order valence-corrected chi connectivity index (χ2v) is 4.40. The van der Waals surface area contributed by atoms with E-state index in [2.05, 4.69) is 23.3 Å². The van der Waals surface area contributed by atoms with Crippen LogP contribution in [0.5, 0.6) is 0 Å². The summed E-state index contributed by atoms with van der Waals surface area (Å²) in [5.41, 5.74) is 1.32. The highest BCUT2D eigenvalue weighted by Gasteiger charge is 2.22. The molecular formula is C12H20N2O. The van der Waals surface area contributed by atoms with Crippen molar-refractivity contribution in [2.45, 2.75) is 38.4 Å². The quantitative estimate of drug-likeness (QED) is 0.802. The number of nitrogens with zero attached hydrogens (tertiary/aromatic N) is 1. The van der Waals surface area contributed by atoms with Gasteiger partial charge in [0, 0.05) is 18.2 Å². The van der Waals surface area contributed by atoms with Crippen LogP contribution in [0.15, 0.2) is 16.7 Å². The molecule has 84 valence electrons. The molecule has 2 rings (SSSR count). The molecule has 1 heterocycles. The van der Waals surface area contributed by atoms with E-state index in [4.69, 9.17) is 4.42 Å². The zero-order chi connectivity index (χ0) is 10.7. The second kappa shape index (κ2) is 4.81. The molecule has 0 aromatic carbocycles. The summed E-state index contributed by atoms with van der Waals surface area (Å²) >= 11 is 0. The summed E-state index contributed by atoms with van der Waals surface area (Å²) in [7, 11) is 4.15. The molecule has 0 saturated heterocycles. The molecule has 3 nitrogen and oxygen atoms in total. The van der Waals surface area contributed by atoms with Crippen LogP contribution in [0.1, 0.15) is 30.6 Å². The Labute approximate surface area is 91.4 Å². The molecule has 0 unspecified atom stereocenters. The van der Waals surface area contributed by atoms with E-state index in [1.165, 1.54) is 24.8 Å². The molecule has 3 heteroatoms. The van der Waals surface area contributed by atoms with E-state index in [0.29, 0.717) is 0 Å². The van der Waals surface area contributed by atoms with E-state index in [0.717, 1.165) is 24.9 Å². The van der Waals surface area contributed by atoms with E-state index in [1.54, 1.807) is 6.26 Å². The highest BCUT2D eigenvalue weighted by Crippen LogP contribution is 2.25. The van der Waals surface area contributed by atoms with Crippen molar-refractivity contribution in [1.82, 2.24) is 10.2 Å². The highest BCUT2D eigenvalue weighted by molar-refractivity contribution is 5.17. The van der Waals surface area contributed by atoms with Crippen molar-refractivity contribution in [3.8, 4) is 0 Å². The smallest absolute Gasteiger partial charge is 0.122 e. The Morgan fingerprint density at radius 2 is 2.33 bits per heavy atom. The minimum absolute atomic E-state index is 0.794. The summed E-state index contributed by atoms with van der Waals surface area (Å²) in [6.07, 6.45) is 5.89. The van der Waals surface area contributed by atoms with Crippen molar-refractivity contribution < 1.29 is 4.42 Å². The van der Waals surface area contributed by atoms with Crippen LogP contribution in [0.25, 0.3) is 0 Å². The topological polar surface area (TPSA) is 28.4 Å². The summed E-state index contributed by atoms with van der Waals surface area (Å²) in [6, 6.07) is 2.88. The van der Waals surface area contributed by atoms with E-state index in [-0.39, 0.29) is 0 Å². The molecule has 0 bridgehead atoms. The fourth-order valence-electron chi connectivity index (χ4n) is 2.05. The van der Waals surface area contributed by atoms with Gasteiger partial charge in [-0.15, -0.1) is 0 Å². The maximum Gasteiger partial charge on any atom is 0.122 e. The standard InChI is InChI=1S/C12H20N2O/c1-13-8-12-10(6-7-15-12)9-14(2)11-4-3-5-11/h6-7,11,13H,3-5,8-9H2,1-2H3. The molecule has 0 atom stereocenters. The van der Waals surface area contributed by atoms with Gasteiger partial charge in [-0.2, -0.15) is 0 Å². The number of hydrogen-bond acceptors (Lipinski definition) is 3. The maximum absolute atomic E-state index is 5.45. The molecule has 1 saturated carbocycles. The van der Waals surface area contributed by atoms with Gasteiger partial charge in [0.1, 0.15) is 5.76 Å². The van der Waals surface area contributed by atoms with E-state index in [1.807, 2.05) is 7.05 Å². The highest BCUT2D eigenvalue weighted by atomic mass is 16.3. The molecule has 0 amide bonds. The number of furan rings is 1. The van der Waals surface area contributed by atoms with Crippen molar-refractivity contribution in [2.24, 2.45) is 0 Å². The summed E-state index contributed by atoms with van der Waals surface area (Å²) in [5, 5.41) is 3.13. The minimum Gasteiger partial charge on any atom is -0.468 e. The molecule has 1 aromatic rings. The first-order chi connectivity index (χ1) is 7.31. The Morgan fingerprint density at radius 1 is 1.53 bits per heavy atom. The van der Waals surface area contributed by atoms with Gasteiger partial charge in [0.15, 0.2) is 0 Å². The predicted molar refractivity (Wildman–Crippen MR) is 60.6 cm³/mol.